The van der Waals surface area contributed by atoms with Crippen LogP contribution in [0.1, 0.15) is 46.1 Å². The molecule has 0 fully saturated rings. The van der Waals surface area contributed by atoms with Crippen molar-refractivity contribution in [3.63, 3.8) is 0 Å². The van der Waals surface area contributed by atoms with E-state index in [1.807, 2.05) is 25.1 Å². The molecular weight excluding hydrogens is 172 g/mol. The molecule has 0 aliphatic rings. The third-order valence-electron chi connectivity index (χ3n) is 2.40. The van der Waals surface area contributed by atoms with Crippen molar-refractivity contribution in [2.24, 2.45) is 0 Å². The average molecular weight is 191 g/mol. The number of rotatable bonds is 2. The minimum Gasteiger partial charge on any atom is -0.303 e. The van der Waals surface area contributed by atoms with E-state index in [0.717, 1.165) is 17.4 Å². The fraction of sp³-hybridized carbons (Fsp3) is 0.462. The number of benzene rings is 1. The molecule has 1 nitrogen and oxygen atoms in total. The molecule has 1 rings (SSSR count). The van der Waals surface area contributed by atoms with Crippen molar-refractivity contribution in [1.82, 2.24) is 0 Å². The highest BCUT2D eigenvalue weighted by Crippen LogP contribution is 2.23. The zero-order valence-electron chi connectivity index (χ0n) is 10.3. The van der Waals surface area contributed by atoms with Gasteiger partial charge in [0.05, 0.1) is 1.37 Å². The van der Waals surface area contributed by atoms with Gasteiger partial charge >= 0.3 is 0 Å². The molecule has 0 saturated heterocycles. The van der Waals surface area contributed by atoms with Gasteiger partial charge < -0.3 is 4.79 Å². The first-order valence-electron chi connectivity index (χ1n) is 5.42. The molecule has 14 heavy (non-hydrogen) atoms. The highest BCUT2D eigenvalue weighted by Gasteiger charge is 2.13. The lowest BCUT2D eigenvalue weighted by atomic mass is 9.86. The lowest BCUT2D eigenvalue weighted by molar-refractivity contribution is -0.108. The molecule has 1 aromatic rings. The highest BCUT2D eigenvalue weighted by atomic mass is 16.1. The summed E-state index contributed by atoms with van der Waals surface area (Å²) < 4.78 is 7.87. The van der Waals surface area contributed by atoms with E-state index >= 15 is 0 Å². The summed E-state index contributed by atoms with van der Waals surface area (Å²) in [5.74, 6) is -0.188. The van der Waals surface area contributed by atoms with Crippen molar-refractivity contribution in [1.29, 1.82) is 0 Å². The largest absolute Gasteiger partial charge is 0.303 e. The molecule has 1 aromatic carbocycles. The first kappa shape index (κ1) is 9.45. The second kappa shape index (κ2) is 3.95. The van der Waals surface area contributed by atoms with Crippen molar-refractivity contribution in [3.8, 4) is 0 Å². The molecule has 1 heteroatoms. The lowest BCUT2D eigenvalue weighted by Gasteiger charge is -2.19. The smallest absolute Gasteiger partial charge is 0.127 e. The van der Waals surface area contributed by atoms with Crippen LogP contribution in [0.4, 0.5) is 0 Å². The first-order valence-corrected chi connectivity index (χ1v) is 4.92. The summed E-state index contributed by atoms with van der Waals surface area (Å²) in [4.78, 5) is 10.7. The van der Waals surface area contributed by atoms with Crippen LogP contribution < -0.4 is 0 Å². The Hall–Kier alpha value is -1.11. The van der Waals surface area contributed by atoms with Gasteiger partial charge in [-0.15, -0.1) is 0 Å². The second-order valence-corrected chi connectivity index (χ2v) is 4.71. The van der Waals surface area contributed by atoms with Crippen molar-refractivity contribution in [3.05, 3.63) is 35.4 Å². The maximum Gasteiger partial charge on any atom is 0.127 e. The van der Waals surface area contributed by atoms with Crippen LogP contribution in [0.15, 0.2) is 24.2 Å². The number of hydrogen-bond acceptors (Lipinski definition) is 1. The zero-order chi connectivity index (χ0) is 11.6. The molecule has 0 amide bonds. The molecule has 0 spiro atoms. The Morgan fingerprint density at radius 1 is 1.36 bits per heavy atom. The molecule has 0 aliphatic carbocycles. The van der Waals surface area contributed by atoms with Crippen LogP contribution in [-0.2, 0) is 10.2 Å². The van der Waals surface area contributed by atoms with Crippen molar-refractivity contribution in [2.75, 3.05) is 0 Å². The molecule has 0 saturated carbocycles. The predicted octanol–water partition coefficient (Wildman–Crippen LogP) is 3.29. The van der Waals surface area contributed by atoms with Gasteiger partial charge in [0.2, 0.25) is 0 Å². The van der Waals surface area contributed by atoms with Gasteiger partial charge in [0, 0.05) is 5.92 Å². The number of aldehydes is 1. The zero-order valence-corrected chi connectivity index (χ0v) is 9.29. The van der Waals surface area contributed by atoms with E-state index in [2.05, 4.69) is 20.8 Å². The average Bonchev–Trinajstić information content (AvgIpc) is 2.15. The summed E-state index contributed by atoms with van der Waals surface area (Å²) in [5, 5.41) is 0. The maximum absolute atomic E-state index is 10.7. The predicted molar refractivity (Wildman–Crippen MR) is 59.6 cm³/mol. The first-order chi connectivity index (χ1) is 6.86. The Kier molecular flexibility index (Phi) is 2.67. The third kappa shape index (κ3) is 2.44. The van der Waals surface area contributed by atoms with Crippen molar-refractivity contribution in [2.45, 2.75) is 39.0 Å². The molecule has 0 N–H and O–H groups in total. The molecule has 0 bridgehead atoms. The van der Waals surface area contributed by atoms with Crippen LogP contribution in [0.5, 0.6) is 0 Å². The molecule has 76 valence electrons. The number of hydrogen-bond donors (Lipinski definition) is 0. The van der Waals surface area contributed by atoms with Crippen molar-refractivity contribution >= 4 is 6.29 Å². The summed E-state index contributed by atoms with van der Waals surface area (Å²) in [6.45, 7) is 8.16. The van der Waals surface area contributed by atoms with E-state index in [1.165, 1.54) is 0 Å². The van der Waals surface area contributed by atoms with E-state index in [4.69, 9.17) is 1.37 Å². The molecule has 1 unspecified atom stereocenters. The van der Waals surface area contributed by atoms with E-state index in [9.17, 15) is 4.79 Å². The summed E-state index contributed by atoms with van der Waals surface area (Å²) in [6.07, 6.45) is 0.879. The molecule has 0 radical (unpaired) electrons. The topological polar surface area (TPSA) is 17.1 Å². The van der Waals surface area contributed by atoms with Gasteiger partial charge in [-0.25, -0.2) is 0 Å². The van der Waals surface area contributed by atoms with Crippen LogP contribution in [0, 0.1) is 0 Å². The summed E-state index contributed by atoms with van der Waals surface area (Å²) in [7, 11) is 0. The van der Waals surface area contributed by atoms with E-state index in [0.29, 0.717) is 6.04 Å². The highest BCUT2D eigenvalue weighted by molar-refractivity contribution is 5.61. The second-order valence-electron chi connectivity index (χ2n) is 4.71. The number of carbonyl (C=O) groups excluding carboxylic acids is 1. The van der Waals surface area contributed by atoms with Gasteiger partial charge in [-0.1, -0.05) is 51.9 Å². The standard InChI is InChI=1S/C13H18O/c1-10(9-14)11-5-7-12(8-6-11)13(2,3)4/h5-10H,1-4H3/i5D. The Labute approximate surface area is 87.6 Å². The Bertz CT molecular complexity index is 363. The van der Waals surface area contributed by atoms with Gasteiger partial charge in [0.25, 0.3) is 0 Å². The Morgan fingerprint density at radius 3 is 2.43 bits per heavy atom. The fourth-order valence-corrected chi connectivity index (χ4v) is 1.26. The molecule has 0 aliphatic heterocycles. The van der Waals surface area contributed by atoms with Gasteiger partial charge in [-0.2, -0.15) is 0 Å². The summed E-state index contributed by atoms with van der Waals surface area (Å²) >= 11 is 0. The minimum absolute atomic E-state index is 0.0543. The Morgan fingerprint density at radius 2 is 2.00 bits per heavy atom. The molecule has 0 heterocycles. The van der Waals surface area contributed by atoms with Gasteiger partial charge in [-0.3, -0.25) is 0 Å². The number of carbonyl (C=O) groups is 1. The monoisotopic (exact) mass is 191 g/mol. The summed E-state index contributed by atoms with van der Waals surface area (Å²) in [6, 6.07) is 6.21. The normalized spacial score (nSPS) is 14.7. The van der Waals surface area contributed by atoms with Crippen LogP contribution in [0.2, 0.25) is 0 Å². The third-order valence-corrected chi connectivity index (χ3v) is 2.40. The molecular formula is C13H18O. The molecule has 0 aromatic heterocycles. The van der Waals surface area contributed by atoms with Crippen LogP contribution in [0.3, 0.4) is 0 Å². The van der Waals surface area contributed by atoms with Crippen LogP contribution in [-0.4, -0.2) is 6.29 Å². The van der Waals surface area contributed by atoms with Crippen LogP contribution in [0.25, 0.3) is 0 Å². The van der Waals surface area contributed by atoms with Gasteiger partial charge in [0.1, 0.15) is 6.29 Å². The molecule has 1 atom stereocenters. The quantitative estimate of drug-likeness (QED) is 0.656. The minimum atomic E-state index is -0.188. The lowest BCUT2D eigenvalue weighted by Crippen LogP contribution is -2.10. The van der Waals surface area contributed by atoms with E-state index in [1.54, 1.807) is 0 Å². The fourth-order valence-electron chi connectivity index (χ4n) is 1.26. The van der Waals surface area contributed by atoms with Gasteiger partial charge in [0.15, 0.2) is 0 Å². The summed E-state index contributed by atoms with van der Waals surface area (Å²) in [5.41, 5.74) is 1.99. The maximum atomic E-state index is 10.7. The van der Waals surface area contributed by atoms with Gasteiger partial charge in [-0.05, 0) is 16.5 Å². The Balaban J connectivity index is 3.14. The van der Waals surface area contributed by atoms with E-state index in [-0.39, 0.29) is 11.3 Å². The SMILES string of the molecule is [2H]c1cc(C(C)(C)C)ccc1C(C)C=O. The van der Waals surface area contributed by atoms with E-state index < -0.39 is 0 Å². The van der Waals surface area contributed by atoms with Crippen molar-refractivity contribution < 1.29 is 6.17 Å². The van der Waals surface area contributed by atoms with Crippen LogP contribution >= 0.6 is 0 Å².